The molecule has 106 valence electrons. The highest BCUT2D eigenvalue weighted by molar-refractivity contribution is 6.30. The van der Waals surface area contributed by atoms with E-state index in [0.717, 1.165) is 0 Å². The minimum absolute atomic E-state index is 0.172. The third-order valence-corrected chi connectivity index (χ3v) is 3.16. The number of nitrogens with one attached hydrogen (secondary N) is 1. The van der Waals surface area contributed by atoms with Gasteiger partial charge in [-0.2, -0.15) is 8.78 Å². The molecule has 0 atom stereocenters. The Balaban J connectivity index is 2.39. The Hall–Kier alpha value is -1.88. The number of hydrogen-bond donors (Lipinski definition) is 2. The molecule has 20 heavy (non-hydrogen) atoms. The first kappa shape index (κ1) is 14.5. The predicted octanol–water partition coefficient (Wildman–Crippen LogP) is 4.16. The number of anilines is 1. The van der Waals surface area contributed by atoms with E-state index in [2.05, 4.69) is 0 Å². The fourth-order valence-electron chi connectivity index (χ4n) is 1.87. The van der Waals surface area contributed by atoms with Crippen LogP contribution in [0.3, 0.4) is 0 Å². The summed E-state index contributed by atoms with van der Waals surface area (Å²) in [6.07, 6.45) is 2.95. The van der Waals surface area contributed by atoms with Gasteiger partial charge in [0.15, 0.2) is 5.76 Å². The normalized spacial score (nSPS) is 18.4. The van der Waals surface area contributed by atoms with Crippen LogP contribution >= 0.6 is 11.6 Å². The van der Waals surface area contributed by atoms with E-state index in [0.29, 0.717) is 24.2 Å². The molecule has 6 heteroatoms. The zero-order valence-electron chi connectivity index (χ0n) is 10.7. The highest BCUT2D eigenvalue weighted by Crippen LogP contribution is 2.29. The molecule has 2 rings (SSSR count). The number of allylic oxidation sites excluding steroid dienone is 1. The van der Waals surface area contributed by atoms with Crippen LogP contribution in [0.15, 0.2) is 47.7 Å². The topological polar surface area (TPSA) is 47.3 Å². The van der Waals surface area contributed by atoms with Crippen LogP contribution < -0.4 is 4.90 Å². The van der Waals surface area contributed by atoms with Crippen molar-refractivity contribution < 1.29 is 13.9 Å². The molecule has 1 aromatic rings. The van der Waals surface area contributed by atoms with E-state index >= 15 is 0 Å². The Morgan fingerprint density at radius 2 is 1.95 bits per heavy atom. The Kier molecular flexibility index (Phi) is 3.81. The number of alkyl halides is 2. The molecule has 0 spiro atoms. The summed E-state index contributed by atoms with van der Waals surface area (Å²) in [6.45, 7) is 0.963. The van der Waals surface area contributed by atoms with Crippen molar-refractivity contribution in [1.82, 2.24) is 0 Å². The molecule has 1 aliphatic heterocycles. The van der Waals surface area contributed by atoms with Gasteiger partial charge in [-0.15, -0.1) is 0 Å². The molecule has 1 aliphatic rings. The molecule has 1 heterocycles. The molecule has 0 fully saturated rings. The maximum absolute atomic E-state index is 13.2. The van der Waals surface area contributed by atoms with Crippen molar-refractivity contribution in [2.24, 2.45) is 0 Å². The number of benzene rings is 1. The van der Waals surface area contributed by atoms with Gasteiger partial charge in [0.05, 0.1) is 5.57 Å². The predicted molar refractivity (Wildman–Crippen MR) is 75.9 cm³/mol. The van der Waals surface area contributed by atoms with E-state index in [-0.39, 0.29) is 11.4 Å². The smallest absolute Gasteiger partial charge is 0.301 e. The van der Waals surface area contributed by atoms with Gasteiger partial charge in [0.25, 0.3) is 0 Å². The van der Waals surface area contributed by atoms with Crippen molar-refractivity contribution in [3.8, 4) is 0 Å². The van der Waals surface area contributed by atoms with E-state index in [1.54, 1.807) is 30.3 Å². The molecule has 0 unspecified atom stereocenters. The summed E-state index contributed by atoms with van der Waals surface area (Å²) in [5.74, 6) is -4.65. The summed E-state index contributed by atoms with van der Waals surface area (Å²) in [6, 6.07) is 6.68. The summed E-state index contributed by atoms with van der Waals surface area (Å²) in [7, 11) is 0. The van der Waals surface area contributed by atoms with E-state index in [1.807, 2.05) is 0 Å². The van der Waals surface area contributed by atoms with Gasteiger partial charge in [-0.25, -0.2) is 0 Å². The highest BCUT2D eigenvalue weighted by atomic mass is 35.5. The summed E-state index contributed by atoms with van der Waals surface area (Å²) in [5.41, 5.74) is 0.465. The first-order chi connectivity index (χ1) is 9.30. The lowest BCUT2D eigenvalue weighted by Gasteiger charge is -2.29. The van der Waals surface area contributed by atoms with Gasteiger partial charge in [-0.05, 0) is 30.3 Å². The Morgan fingerprint density at radius 1 is 1.35 bits per heavy atom. The first-order valence-corrected chi connectivity index (χ1v) is 6.28. The minimum Gasteiger partial charge on any atom is -0.506 e. The van der Waals surface area contributed by atoms with Crippen molar-refractivity contribution in [3.05, 3.63) is 52.8 Å². The van der Waals surface area contributed by atoms with Crippen LogP contribution in [0.2, 0.25) is 5.02 Å². The van der Waals surface area contributed by atoms with E-state index in [1.165, 1.54) is 11.0 Å². The van der Waals surface area contributed by atoms with Crippen LogP contribution in [0.1, 0.15) is 6.92 Å². The van der Waals surface area contributed by atoms with Gasteiger partial charge < -0.3 is 10.0 Å². The van der Waals surface area contributed by atoms with Crippen molar-refractivity contribution >= 4 is 23.1 Å². The van der Waals surface area contributed by atoms with E-state index in [9.17, 15) is 13.9 Å². The lowest BCUT2D eigenvalue weighted by Crippen LogP contribution is -2.36. The largest absolute Gasteiger partial charge is 0.506 e. The fraction of sp³-hybridized carbons (Fsp3) is 0.214. The van der Waals surface area contributed by atoms with Crippen LogP contribution in [-0.2, 0) is 0 Å². The van der Waals surface area contributed by atoms with Crippen LogP contribution in [0.4, 0.5) is 14.5 Å². The molecule has 3 nitrogen and oxygen atoms in total. The second-order valence-corrected chi connectivity index (χ2v) is 4.93. The highest BCUT2D eigenvalue weighted by Gasteiger charge is 2.33. The second kappa shape index (κ2) is 5.25. The van der Waals surface area contributed by atoms with Gasteiger partial charge in [0, 0.05) is 24.2 Å². The lowest BCUT2D eigenvalue weighted by molar-refractivity contribution is 0.0179. The molecular weight excluding hydrogens is 286 g/mol. The number of nitrogens with zero attached hydrogens (tertiary/aromatic N) is 1. The molecule has 0 aliphatic carbocycles. The number of aliphatic hydroxyl groups excluding tert-OH is 1. The van der Waals surface area contributed by atoms with E-state index in [4.69, 9.17) is 17.0 Å². The van der Waals surface area contributed by atoms with Crippen LogP contribution in [0.5, 0.6) is 0 Å². The molecule has 2 N–H and O–H groups in total. The Labute approximate surface area is 120 Å². The van der Waals surface area contributed by atoms with Crippen LogP contribution in [-0.4, -0.2) is 23.4 Å². The van der Waals surface area contributed by atoms with Crippen LogP contribution in [0, 0.1) is 5.41 Å². The van der Waals surface area contributed by atoms with Crippen molar-refractivity contribution in [3.63, 3.8) is 0 Å². The summed E-state index contributed by atoms with van der Waals surface area (Å²) < 4.78 is 26.4. The summed E-state index contributed by atoms with van der Waals surface area (Å²) in [5, 5.41) is 18.1. The third-order valence-electron chi connectivity index (χ3n) is 2.91. The number of amidine groups is 1. The molecular formula is C14H13ClF2N2O. The third kappa shape index (κ3) is 2.82. The SMILES string of the molecule is CC(F)(F)C(O)=C1C=CCN(c2ccc(Cl)cc2)C1=N. The lowest BCUT2D eigenvalue weighted by atomic mass is 10.1. The molecule has 0 radical (unpaired) electrons. The zero-order chi connectivity index (χ0) is 14.9. The average molecular weight is 299 g/mol. The molecule has 0 aromatic heterocycles. The molecule has 1 aromatic carbocycles. The summed E-state index contributed by atoms with van der Waals surface area (Å²) >= 11 is 5.79. The van der Waals surface area contributed by atoms with Gasteiger partial charge >= 0.3 is 5.92 Å². The van der Waals surface area contributed by atoms with Crippen molar-refractivity contribution in [1.29, 1.82) is 5.41 Å². The van der Waals surface area contributed by atoms with Gasteiger partial charge in [0.2, 0.25) is 0 Å². The minimum atomic E-state index is -3.38. The van der Waals surface area contributed by atoms with Gasteiger partial charge in [0.1, 0.15) is 5.84 Å². The molecule has 0 saturated heterocycles. The quantitative estimate of drug-likeness (QED) is 0.805. The van der Waals surface area contributed by atoms with Gasteiger partial charge in [-0.3, -0.25) is 5.41 Å². The maximum atomic E-state index is 13.2. The van der Waals surface area contributed by atoms with E-state index < -0.39 is 11.7 Å². The fourth-order valence-corrected chi connectivity index (χ4v) is 2.00. The molecule has 0 bridgehead atoms. The number of rotatable bonds is 2. The summed E-state index contributed by atoms with van der Waals surface area (Å²) in [4.78, 5) is 1.51. The van der Waals surface area contributed by atoms with Crippen LogP contribution in [0.25, 0.3) is 0 Å². The maximum Gasteiger partial charge on any atom is 0.301 e. The van der Waals surface area contributed by atoms with Gasteiger partial charge in [-0.1, -0.05) is 17.7 Å². The number of aliphatic hydroxyl groups is 1. The standard InChI is InChI=1S/C14H13ClF2N2O/c1-14(16,17)12(20)11-3-2-8-19(13(11)18)10-6-4-9(15)5-7-10/h2-7,18,20H,8H2,1H3. The Bertz CT molecular complexity index is 588. The zero-order valence-corrected chi connectivity index (χ0v) is 11.5. The monoisotopic (exact) mass is 298 g/mol. The Morgan fingerprint density at radius 3 is 2.50 bits per heavy atom. The average Bonchev–Trinajstić information content (AvgIpc) is 2.38. The first-order valence-electron chi connectivity index (χ1n) is 5.91. The van der Waals surface area contributed by atoms with Crippen molar-refractivity contribution in [2.45, 2.75) is 12.8 Å². The van der Waals surface area contributed by atoms with Crippen molar-refractivity contribution in [2.75, 3.05) is 11.4 Å². The second-order valence-electron chi connectivity index (χ2n) is 4.49. The molecule has 0 saturated carbocycles. The molecule has 0 amide bonds. The number of halogens is 3. The number of hydrogen-bond acceptors (Lipinski definition) is 2.